The van der Waals surface area contributed by atoms with Gasteiger partial charge in [0.15, 0.2) is 0 Å². The fourth-order valence-corrected chi connectivity index (χ4v) is 2.92. The van der Waals surface area contributed by atoms with Crippen LogP contribution in [0.1, 0.15) is 32.8 Å². The van der Waals surface area contributed by atoms with Crippen molar-refractivity contribution >= 4 is 17.4 Å². The van der Waals surface area contributed by atoms with E-state index in [1.54, 1.807) is 6.07 Å². The Kier molecular flexibility index (Phi) is 3.77. The molecule has 0 radical (unpaired) electrons. The molecule has 0 N–H and O–H groups in total. The molecular formula is C14H18ClN3. The molecule has 3 nitrogen and oxygen atoms in total. The largest absolute Gasteiger partial charge is 0.353 e. The summed E-state index contributed by atoms with van der Waals surface area (Å²) in [7, 11) is 0. The number of nitriles is 1. The number of halogens is 1. The molecule has 4 heteroatoms. The van der Waals surface area contributed by atoms with E-state index in [1.807, 2.05) is 6.07 Å². The van der Waals surface area contributed by atoms with E-state index in [1.165, 1.54) is 6.42 Å². The average Bonchev–Trinajstić information content (AvgIpc) is 2.32. The molecule has 0 saturated carbocycles. The van der Waals surface area contributed by atoms with Crippen LogP contribution in [-0.4, -0.2) is 17.6 Å². The van der Waals surface area contributed by atoms with E-state index in [0.717, 1.165) is 12.4 Å². The van der Waals surface area contributed by atoms with Crippen LogP contribution in [0, 0.1) is 23.2 Å². The predicted octanol–water partition coefficient (Wildman–Crippen LogP) is 3.48. The van der Waals surface area contributed by atoms with Gasteiger partial charge in [-0.2, -0.15) is 5.26 Å². The van der Waals surface area contributed by atoms with Gasteiger partial charge in [-0.1, -0.05) is 25.4 Å². The van der Waals surface area contributed by atoms with Gasteiger partial charge < -0.3 is 4.90 Å². The first-order valence-corrected chi connectivity index (χ1v) is 6.73. The maximum Gasteiger partial charge on any atom is 0.132 e. The minimum Gasteiger partial charge on any atom is -0.353 e. The Labute approximate surface area is 113 Å². The van der Waals surface area contributed by atoms with Crippen molar-refractivity contribution in [3.8, 4) is 6.07 Å². The summed E-state index contributed by atoms with van der Waals surface area (Å²) in [5.74, 6) is 2.09. The lowest BCUT2D eigenvalue weighted by Crippen LogP contribution is -2.46. The lowest BCUT2D eigenvalue weighted by molar-refractivity contribution is 0.295. The molecule has 18 heavy (non-hydrogen) atoms. The SMILES string of the molecule is CC1CC(C)C(C)N(c2cc(C#N)cc(Cl)n2)C1. The zero-order valence-electron chi connectivity index (χ0n) is 11.0. The first kappa shape index (κ1) is 13.2. The van der Waals surface area contributed by atoms with Crippen molar-refractivity contribution in [3.63, 3.8) is 0 Å². The fraction of sp³-hybridized carbons (Fsp3) is 0.571. The molecule has 1 aliphatic heterocycles. The molecule has 2 rings (SSSR count). The van der Waals surface area contributed by atoms with Crippen LogP contribution in [0.4, 0.5) is 5.82 Å². The molecule has 0 aliphatic carbocycles. The first-order valence-electron chi connectivity index (χ1n) is 6.35. The van der Waals surface area contributed by atoms with Gasteiger partial charge in [0.2, 0.25) is 0 Å². The van der Waals surface area contributed by atoms with Gasteiger partial charge in [0.05, 0.1) is 11.6 Å². The fourth-order valence-electron chi connectivity index (χ4n) is 2.71. The standard InChI is InChI=1S/C14H18ClN3/c1-9-4-10(2)11(3)18(8-9)14-6-12(7-16)5-13(15)17-14/h5-6,9-11H,4,8H2,1-3H3. The van der Waals surface area contributed by atoms with E-state index in [2.05, 4.69) is 36.7 Å². The number of pyridine rings is 1. The molecule has 0 amide bonds. The number of anilines is 1. The Morgan fingerprint density at radius 1 is 1.39 bits per heavy atom. The van der Waals surface area contributed by atoms with Gasteiger partial charge in [0.25, 0.3) is 0 Å². The van der Waals surface area contributed by atoms with Gasteiger partial charge >= 0.3 is 0 Å². The van der Waals surface area contributed by atoms with Crippen LogP contribution in [0.3, 0.4) is 0 Å². The van der Waals surface area contributed by atoms with Crippen LogP contribution in [0.5, 0.6) is 0 Å². The Morgan fingerprint density at radius 2 is 2.11 bits per heavy atom. The summed E-state index contributed by atoms with van der Waals surface area (Å²) >= 11 is 5.98. The van der Waals surface area contributed by atoms with Crippen molar-refractivity contribution in [1.82, 2.24) is 4.98 Å². The predicted molar refractivity (Wildman–Crippen MR) is 73.7 cm³/mol. The topological polar surface area (TPSA) is 39.9 Å². The van der Waals surface area contributed by atoms with Crippen LogP contribution in [0.25, 0.3) is 0 Å². The molecule has 3 atom stereocenters. The third-order valence-corrected chi connectivity index (χ3v) is 4.00. The molecule has 1 saturated heterocycles. The number of nitrogens with zero attached hydrogens (tertiary/aromatic N) is 3. The van der Waals surface area contributed by atoms with Crippen LogP contribution >= 0.6 is 11.6 Å². The Balaban J connectivity index is 2.35. The maximum absolute atomic E-state index is 9.00. The van der Waals surface area contributed by atoms with E-state index in [9.17, 15) is 0 Å². The van der Waals surface area contributed by atoms with Crippen molar-refractivity contribution in [1.29, 1.82) is 5.26 Å². The van der Waals surface area contributed by atoms with Crippen molar-refractivity contribution in [2.45, 2.75) is 33.2 Å². The normalized spacial score (nSPS) is 27.9. The molecule has 3 unspecified atom stereocenters. The van der Waals surface area contributed by atoms with E-state index in [-0.39, 0.29) is 0 Å². The first-order chi connectivity index (χ1) is 8.51. The van der Waals surface area contributed by atoms with E-state index in [0.29, 0.717) is 28.6 Å². The van der Waals surface area contributed by atoms with Crippen molar-refractivity contribution < 1.29 is 0 Å². The molecule has 0 aromatic carbocycles. The van der Waals surface area contributed by atoms with Crippen molar-refractivity contribution in [2.24, 2.45) is 11.8 Å². The molecule has 96 valence electrons. The smallest absolute Gasteiger partial charge is 0.132 e. The highest BCUT2D eigenvalue weighted by atomic mass is 35.5. The summed E-state index contributed by atoms with van der Waals surface area (Å²) in [5.41, 5.74) is 0.572. The minimum absolute atomic E-state index is 0.391. The minimum atomic E-state index is 0.391. The summed E-state index contributed by atoms with van der Waals surface area (Å²) in [4.78, 5) is 6.63. The summed E-state index contributed by atoms with van der Waals surface area (Å²) in [6.07, 6.45) is 1.24. The maximum atomic E-state index is 9.00. The molecular weight excluding hydrogens is 246 g/mol. The molecule has 1 fully saturated rings. The summed E-state index contributed by atoms with van der Waals surface area (Å²) in [5, 5.41) is 9.39. The molecule has 0 bridgehead atoms. The summed E-state index contributed by atoms with van der Waals surface area (Å²) < 4.78 is 0. The van der Waals surface area contributed by atoms with Crippen LogP contribution < -0.4 is 4.90 Å². The van der Waals surface area contributed by atoms with Crippen LogP contribution in [-0.2, 0) is 0 Å². The highest BCUT2D eigenvalue weighted by Crippen LogP contribution is 2.31. The van der Waals surface area contributed by atoms with Gasteiger partial charge in [-0.25, -0.2) is 4.98 Å². The third-order valence-electron chi connectivity index (χ3n) is 3.80. The summed E-state index contributed by atoms with van der Waals surface area (Å²) in [6.45, 7) is 7.71. The Morgan fingerprint density at radius 3 is 2.78 bits per heavy atom. The number of hydrogen-bond acceptors (Lipinski definition) is 3. The Hall–Kier alpha value is -1.27. The monoisotopic (exact) mass is 263 g/mol. The average molecular weight is 264 g/mol. The summed E-state index contributed by atoms with van der Waals surface area (Å²) in [6, 6.07) is 5.99. The number of aromatic nitrogens is 1. The van der Waals surface area contributed by atoms with Gasteiger partial charge in [-0.15, -0.1) is 0 Å². The van der Waals surface area contributed by atoms with Crippen molar-refractivity contribution in [3.05, 3.63) is 22.8 Å². The number of hydrogen-bond donors (Lipinski definition) is 0. The second kappa shape index (κ2) is 5.16. The lowest BCUT2D eigenvalue weighted by Gasteiger charge is -2.42. The number of piperidine rings is 1. The Bertz CT molecular complexity index is 480. The second-order valence-electron chi connectivity index (χ2n) is 5.36. The van der Waals surface area contributed by atoms with Gasteiger partial charge in [0.1, 0.15) is 11.0 Å². The molecule has 1 aliphatic rings. The molecule has 1 aromatic heterocycles. The van der Waals surface area contributed by atoms with Gasteiger partial charge in [-0.3, -0.25) is 0 Å². The van der Waals surface area contributed by atoms with E-state index >= 15 is 0 Å². The zero-order chi connectivity index (χ0) is 13.3. The molecule has 2 heterocycles. The molecule has 0 spiro atoms. The van der Waals surface area contributed by atoms with E-state index in [4.69, 9.17) is 16.9 Å². The van der Waals surface area contributed by atoms with Crippen LogP contribution in [0.15, 0.2) is 12.1 Å². The highest BCUT2D eigenvalue weighted by molar-refractivity contribution is 6.29. The van der Waals surface area contributed by atoms with Gasteiger partial charge in [-0.05, 0) is 37.3 Å². The highest BCUT2D eigenvalue weighted by Gasteiger charge is 2.29. The second-order valence-corrected chi connectivity index (χ2v) is 5.75. The molecule has 1 aromatic rings. The quantitative estimate of drug-likeness (QED) is 0.729. The van der Waals surface area contributed by atoms with Crippen LogP contribution in [0.2, 0.25) is 5.15 Å². The lowest BCUT2D eigenvalue weighted by atomic mass is 9.86. The van der Waals surface area contributed by atoms with E-state index < -0.39 is 0 Å². The van der Waals surface area contributed by atoms with Crippen molar-refractivity contribution in [2.75, 3.05) is 11.4 Å². The van der Waals surface area contributed by atoms with Gasteiger partial charge in [0, 0.05) is 12.6 Å². The zero-order valence-corrected chi connectivity index (χ0v) is 11.8. The number of rotatable bonds is 1. The third kappa shape index (κ3) is 2.59.